The van der Waals surface area contributed by atoms with Crippen LogP contribution >= 0.6 is 0 Å². The van der Waals surface area contributed by atoms with Crippen LogP contribution in [0.3, 0.4) is 0 Å². The van der Waals surface area contributed by atoms with Crippen molar-refractivity contribution in [2.45, 2.75) is 33.0 Å². The molecule has 0 spiro atoms. The van der Waals surface area contributed by atoms with Gasteiger partial charge in [-0.25, -0.2) is 0 Å². The monoisotopic (exact) mass is 424 g/mol. The molecule has 166 valence electrons. The highest BCUT2D eigenvalue weighted by molar-refractivity contribution is 5.91. The highest BCUT2D eigenvalue weighted by Gasteiger charge is 2.13. The number of methoxy groups -OCH3 is 1. The smallest absolute Gasteiger partial charge is 0.244 e. The first-order valence-corrected chi connectivity index (χ1v) is 10.7. The third kappa shape index (κ3) is 7.12. The van der Waals surface area contributed by atoms with Crippen molar-refractivity contribution in [1.29, 1.82) is 0 Å². The largest absolute Gasteiger partial charge is 0.493 e. The van der Waals surface area contributed by atoms with Crippen molar-refractivity contribution < 1.29 is 19.0 Å². The minimum Gasteiger partial charge on any atom is -0.493 e. The topological polar surface area (TPSA) is 60.0 Å². The SMILES string of the molecule is COc1cc(/C=C/C(=O)NCc2ccccc2CN2CCOCC2)ccc1OC(C)C. The molecule has 1 heterocycles. The van der Waals surface area contributed by atoms with E-state index in [4.69, 9.17) is 14.2 Å². The Morgan fingerprint density at radius 2 is 1.87 bits per heavy atom. The van der Waals surface area contributed by atoms with Gasteiger partial charge < -0.3 is 19.5 Å². The van der Waals surface area contributed by atoms with E-state index in [-0.39, 0.29) is 12.0 Å². The van der Waals surface area contributed by atoms with Crippen LogP contribution in [-0.4, -0.2) is 50.3 Å². The minimum atomic E-state index is -0.136. The maximum absolute atomic E-state index is 12.4. The molecule has 3 rings (SSSR count). The van der Waals surface area contributed by atoms with E-state index in [0.717, 1.165) is 44.0 Å². The number of morpholine rings is 1. The Labute approximate surface area is 184 Å². The minimum absolute atomic E-state index is 0.0622. The van der Waals surface area contributed by atoms with Crippen LogP contribution in [0.2, 0.25) is 0 Å². The van der Waals surface area contributed by atoms with E-state index in [1.54, 1.807) is 19.3 Å². The summed E-state index contributed by atoms with van der Waals surface area (Å²) in [6.07, 6.45) is 3.38. The first-order chi connectivity index (χ1) is 15.0. The molecule has 0 aliphatic carbocycles. The number of hydrogen-bond donors (Lipinski definition) is 1. The van der Waals surface area contributed by atoms with Crippen LogP contribution in [0.5, 0.6) is 11.5 Å². The van der Waals surface area contributed by atoms with Gasteiger partial charge in [0.25, 0.3) is 0 Å². The summed E-state index contributed by atoms with van der Waals surface area (Å²) < 4.78 is 16.6. The maximum Gasteiger partial charge on any atom is 0.244 e. The highest BCUT2D eigenvalue weighted by Crippen LogP contribution is 2.29. The van der Waals surface area contributed by atoms with Gasteiger partial charge in [-0.3, -0.25) is 9.69 Å². The van der Waals surface area contributed by atoms with Crippen molar-refractivity contribution in [2.75, 3.05) is 33.4 Å². The Hall–Kier alpha value is -2.83. The molecule has 6 heteroatoms. The number of amides is 1. The average molecular weight is 425 g/mol. The van der Waals surface area contributed by atoms with E-state index >= 15 is 0 Å². The van der Waals surface area contributed by atoms with Crippen LogP contribution in [0.1, 0.15) is 30.5 Å². The standard InChI is InChI=1S/C25H32N2O4/c1-19(2)31-23-10-8-20(16-24(23)29-3)9-11-25(28)26-17-21-6-4-5-7-22(21)18-27-12-14-30-15-13-27/h4-11,16,19H,12-15,17-18H2,1-3H3,(H,26,28)/b11-9+. The van der Waals surface area contributed by atoms with Gasteiger partial charge >= 0.3 is 0 Å². The Bertz CT molecular complexity index is 889. The Morgan fingerprint density at radius 1 is 1.13 bits per heavy atom. The van der Waals surface area contributed by atoms with E-state index < -0.39 is 0 Å². The molecule has 0 unspecified atom stereocenters. The van der Waals surface area contributed by atoms with Crippen molar-refractivity contribution in [3.63, 3.8) is 0 Å². The number of carbonyl (C=O) groups is 1. The lowest BCUT2D eigenvalue weighted by Crippen LogP contribution is -2.36. The van der Waals surface area contributed by atoms with Gasteiger partial charge in [0.15, 0.2) is 11.5 Å². The molecule has 0 bridgehead atoms. The molecule has 1 aliphatic heterocycles. The fourth-order valence-electron chi connectivity index (χ4n) is 3.44. The lowest BCUT2D eigenvalue weighted by Gasteiger charge is -2.27. The van der Waals surface area contributed by atoms with Gasteiger partial charge in [0.1, 0.15) is 0 Å². The molecule has 2 aromatic rings. The summed E-state index contributed by atoms with van der Waals surface area (Å²) >= 11 is 0. The second-order valence-electron chi connectivity index (χ2n) is 7.79. The second-order valence-corrected chi connectivity index (χ2v) is 7.79. The van der Waals surface area contributed by atoms with Gasteiger partial charge in [0.05, 0.1) is 26.4 Å². The van der Waals surface area contributed by atoms with E-state index in [9.17, 15) is 4.79 Å². The van der Waals surface area contributed by atoms with Gasteiger partial charge in [-0.15, -0.1) is 0 Å². The normalized spacial score (nSPS) is 14.7. The first kappa shape index (κ1) is 22.8. The molecule has 0 atom stereocenters. The van der Waals surface area contributed by atoms with Crippen LogP contribution in [0.4, 0.5) is 0 Å². The zero-order valence-electron chi connectivity index (χ0n) is 18.6. The Kier molecular flexibility index (Phi) is 8.50. The fourth-order valence-corrected chi connectivity index (χ4v) is 3.44. The fraction of sp³-hybridized carbons (Fsp3) is 0.400. The molecule has 1 aliphatic rings. The summed E-state index contributed by atoms with van der Waals surface area (Å²) in [4.78, 5) is 14.8. The number of nitrogens with zero attached hydrogens (tertiary/aromatic N) is 1. The van der Waals surface area contributed by atoms with E-state index in [1.165, 1.54) is 5.56 Å². The van der Waals surface area contributed by atoms with Crippen molar-refractivity contribution >= 4 is 12.0 Å². The van der Waals surface area contributed by atoms with Crippen LogP contribution in [0.25, 0.3) is 6.08 Å². The number of ether oxygens (including phenoxy) is 3. The van der Waals surface area contributed by atoms with Gasteiger partial charge in [-0.05, 0) is 48.7 Å². The molecule has 31 heavy (non-hydrogen) atoms. The first-order valence-electron chi connectivity index (χ1n) is 10.7. The summed E-state index contributed by atoms with van der Waals surface area (Å²) in [5, 5.41) is 2.99. The van der Waals surface area contributed by atoms with Crippen molar-refractivity contribution in [1.82, 2.24) is 10.2 Å². The zero-order chi connectivity index (χ0) is 22.1. The average Bonchev–Trinajstić information content (AvgIpc) is 2.78. The molecule has 0 saturated carbocycles. The maximum atomic E-state index is 12.4. The van der Waals surface area contributed by atoms with Crippen LogP contribution in [-0.2, 0) is 22.6 Å². The lowest BCUT2D eigenvalue weighted by atomic mass is 10.1. The third-order valence-electron chi connectivity index (χ3n) is 5.05. The summed E-state index contributed by atoms with van der Waals surface area (Å²) in [5.41, 5.74) is 3.24. The van der Waals surface area contributed by atoms with Gasteiger partial charge in [-0.1, -0.05) is 30.3 Å². The van der Waals surface area contributed by atoms with Gasteiger partial charge in [0.2, 0.25) is 5.91 Å². The Morgan fingerprint density at radius 3 is 2.58 bits per heavy atom. The predicted octanol–water partition coefficient (Wildman–Crippen LogP) is 3.64. The molecule has 1 saturated heterocycles. The van der Waals surface area contributed by atoms with E-state index in [2.05, 4.69) is 22.3 Å². The molecule has 2 aromatic carbocycles. The second kappa shape index (κ2) is 11.5. The highest BCUT2D eigenvalue weighted by atomic mass is 16.5. The quantitative estimate of drug-likeness (QED) is 0.623. The van der Waals surface area contributed by atoms with Crippen molar-refractivity contribution in [2.24, 2.45) is 0 Å². The molecule has 6 nitrogen and oxygen atoms in total. The number of carbonyl (C=O) groups excluding carboxylic acids is 1. The summed E-state index contributed by atoms with van der Waals surface area (Å²) in [5.74, 6) is 1.20. The zero-order valence-corrected chi connectivity index (χ0v) is 18.6. The molecule has 1 amide bonds. The number of benzene rings is 2. The summed E-state index contributed by atoms with van der Waals surface area (Å²) in [7, 11) is 1.61. The lowest BCUT2D eigenvalue weighted by molar-refractivity contribution is -0.116. The predicted molar refractivity (Wildman–Crippen MR) is 122 cm³/mol. The van der Waals surface area contributed by atoms with Gasteiger partial charge in [0, 0.05) is 32.3 Å². The van der Waals surface area contributed by atoms with Crippen LogP contribution in [0, 0.1) is 0 Å². The van der Waals surface area contributed by atoms with Crippen LogP contribution in [0.15, 0.2) is 48.5 Å². The van der Waals surface area contributed by atoms with Gasteiger partial charge in [-0.2, -0.15) is 0 Å². The summed E-state index contributed by atoms with van der Waals surface area (Å²) in [6, 6.07) is 13.9. The molecule has 1 fully saturated rings. The summed E-state index contributed by atoms with van der Waals surface area (Å²) in [6.45, 7) is 8.73. The van der Waals surface area contributed by atoms with Crippen LogP contribution < -0.4 is 14.8 Å². The third-order valence-corrected chi connectivity index (χ3v) is 5.05. The number of nitrogens with one attached hydrogen (secondary N) is 1. The molecule has 0 radical (unpaired) electrons. The number of hydrogen-bond acceptors (Lipinski definition) is 5. The molecule has 0 aromatic heterocycles. The van der Waals surface area contributed by atoms with Crippen molar-refractivity contribution in [3.05, 3.63) is 65.2 Å². The van der Waals surface area contributed by atoms with E-state index in [0.29, 0.717) is 18.0 Å². The number of rotatable bonds is 9. The molecular weight excluding hydrogens is 392 g/mol. The van der Waals surface area contributed by atoms with E-state index in [1.807, 2.05) is 44.2 Å². The van der Waals surface area contributed by atoms with Crippen molar-refractivity contribution in [3.8, 4) is 11.5 Å². The molecular formula is C25H32N2O4. The molecule has 1 N–H and O–H groups in total. The Balaban J connectivity index is 1.57.